The third kappa shape index (κ3) is 9.25. The van der Waals surface area contributed by atoms with E-state index in [2.05, 4.69) is 10.6 Å². The number of carbonyl (C=O) groups excluding carboxylic acids is 2. The Bertz CT molecular complexity index is 219. The van der Waals surface area contributed by atoms with E-state index in [1.165, 1.54) is 0 Å². The molecule has 0 aromatic heterocycles. The van der Waals surface area contributed by atoms with Gasteiger partial charge in [-0.2, -0.15) is 0 Å². The Hall–Kier alpha value is -1.06. The van der Waals surface area contributed by atoms with Gasteiger partial charge in [-0.15, -0.1) is 0 Å². The van der Waals surface area contributed by atoms with Crippen molar-refractivity contribution in [3.8, 4) is 0 Å². The zero-order valence-corrected chi connectivity index (χ0v) is 10.1. The normalized spacial score (nSPS) is 10.9. The highest BCUT2D eigenvalue weighted by atomic mass is 16.2. The molecule has 4 nitrogen and oxygen atoms in total. The van der Waals surface area contributed by atoms with E-state index in [9.17, 15) is 9.59 Å². The average molecular weight is 214 g/mol. The maximum Gasteiger partial charge on any atom is 0.315 e. The molecule has 0 aliphatic heterocycles. The summed E-state index contributed by atoms with van der Waals surface area (Å²) >= 11 is 0. The monoisotopic (exact) mass is 214 g/mol. The minimum Gasteiger partial charge on any atom is -0.338 e. The lowest BCUT2D eigenvalue weighted by molar-refractivity contribution is -0.118. The zero-order chi connectivity index (χ0) is 11.9. The molecule has 0 fully saturated rings. The van der Waals surface area contributed by atoms with Gasteiger partial charge in [-0.3, -0.25) is 4.79 Å². The molecular formula is C11H22N2O2. The summed E-state index contributed by atoms with van der Waals surface area (Å²) in [4.78, 5) is 22.2. The largest absolute Gasteiger partial charge is 0.338 e. The predicted octanol–water partition coefficient (Wildman–Crippen LogP) is 1.84. The molecule has 0 aliphatic rings. The van der Waals surface area contributed by atoms with Crippen molar-refractivity contribution < 1.29 is 9.59 Å². The summed E-state index contributed by atoms with van der Waals surface area (Å²) in [5.41, 5.74) is -0.219. The summed E-state index contributed by atoms with van der Waals surface area (Å²) in [5, 5.41) is 5.50. The smallest absolute Gasteiger partial charge is 0.315 e. The van der Waals surface area contributed by atoms with Crippen LogP contribution >= 0.6 is 0 Å². The molecule has 0 aromatic rings. The van der Waals surface area contributed by atoms with Crippen molar-refractivity contribution in [3.05, 3.63) is 0 Å². The van der Waals surface area contributed by atoms with Gasteiger partial charge in [0.05, 0.1) is 0 Å². The van der Waals surface area contributed by atoms with Crippen LogP contribution in [0.4, 0.5) is 4.79 Å². The second-order valence-corrected chi connectivity index (χ2v) is 4.63. The standard InChI is InChI=1S/C11H22N2O2/c1-5-9(14)7-6-8-12-10(15)13-11(2,3)4/h5-8H2,1-4H3,(H2,12,13,15). The van der Waals surface area contributed by atoms with Crippen molar-refractivity contribution in [1.82, 2.24) is 10.6 Å². The number of carbonyl (C=O) groups is 2. The first-order valence-electron chi connectivity index (χ1n) is 5.43. The molecule has 0 heterocycles. The van der Waals surface area contributed by atoms with Crippen molar-refractivity contribution in [2.45, 2.75) is 52.5 Å². The van der Waals surface area contributed by atoms with Crippen LogP contribution in [0.3, 0.4) is 0 Å². The van der Waals surface area contributed by atoms with E-state index in [1.54, 1.807) is 0 Å². The molecule has 0 unspecified atom stereocenters. The summed E-state index contributed by atoms with van der Waals surface area (Å²) in [6, 6.07) is -0.175. The van der Waals surface area contributed by atoms with Gasteiger partial charge in [0.15, 0.2) is 0 Å². The molecule has 0 spiro atoms. The highest BCUT2D eigenvalue weighted by molar-refractivity contribution is 5.78. The minimum absolute atomic E-state index is 0.175. The van der Waals surface area contributed by atoms with Crippen molar-refractivity contribution in [2.75, 3.05) is 6.54 Å². The van der Waals surface area contributed by atoms with E-state index in [1.807, 2.05) is 27.7 Å². The number of amides is 2. The summed E-state index contributed by atoms with van der Waals surface area (Å²) in [6.45, 7) is 8.17. The lowest BCUT2D eigenvalue weighted by Crippen LogP contribution is -2.46. The van der Waals surface area contributed by atoms with Crippen LogP contribution in [0.1, 0.15) is 47.0 Å². The molecule has 2 amide bonds. The minimum atomic E-state index is -0.219. The maximum atomic E-state index is 11.3. The van der Waals surface area contributed by atoms with Crippen LogP contribution in [-0.2, 0) is 4.79 Å². The predicted molar refractivity (Wildman–Crippen MR) is 60.8 cm³/mol. The Kier molecular flexibility index (Phi) is 5.97. The van der Waals surface area contributed by atoms with Crippen LogP contribution < -0.4 is 10.6 Å². The number of urea groups is 1. The van der Waals surface area contributed by atoms with Crippen LogP contribution in [0.5, 0.6) is 0 Å². The number of ketones is 1. The Balaban J connectivity index is 3.52. The molecule has 0 radical (unpaired) electrons. The molecular weight excluding hydrogens is 192 g/mol. The molecule has 0 aliphatic carbocycles. The van der Waals surface area contributed by atoms with Crippen molar-refractivity contribution in [1.29, 1.82) is 0 Å². The summed E-state index contributed by atoms with van der Waals surface area (Å²) in [7, 11) is 0. The Morgan fingerprint density at radius 2 is 1.80 bits per heavy atom. The second kappa shape index (κ2) is 6.43. The molecule has 0 saturated heterocycles. The highest BCUT2D eigenvalue weighted by Crippen LogP contribution is 1.97. The molecule has 0 rings (SSSR count). The Labute approximate surface area is 91.8 Å². The third-order valence-corrected chi connectivity index (χ3v) is 1.80. The van der Waals surface area contributed by atoms with E-state index < -0.39 is 0 Å². The fraction of sp³-hybridized carbons (Fsp3) is 0.818. The SMILES string of the molecule is CCC(=O)CCCNC(=O)NC(C)(C)C. The molecule has 0 aromatic carbocycles. The Morgan fingerprint density at radius 3 is 2.27 bits per heavy atom. The summed E-state index contributed by atoms with van der Waals surface area (Å²) < 4.78 is 0. The zero-order valence-electron chi connectivity index (χ0n) is 10.1. The van der Waals surface area contributed by atoms with Gasteiger partial charge in [-0.25, -0.2) is 4.79 Å². The number of rotatable bonds is 5. The number of Topliss-reactive ketones (excluding diaryl/α,β-unsaturated/α-hetero) is 1. The first kappa shape index (κ1) is 13.9. The summed E-state index contributed by atoms with van der Waals surface area (Å²) in [6.07, 6.45) is 1.84. The van der Waals surface area contributed by atoms with Gasteiger partial charge in [0.2, 0.25) is 0 Å². The van der Waals surface area contributed by atoms with Gasteiger partial charge < -0.3 is 10.6 Å². The van der Waals surface area contributed by atoms with Crippen molar-refractivity contribution in [3.63, 3.8) is 0 Å². The molecule has 88 valence electrons. The first-order chi connectivity index (χ1) is 6.85. The first-order valence-corrected chi connectivity index (χ1v) is 5.43. The quantitative estimate of drug-likeness (QED) is 0.686. The average Bonchev–Trinajstić information content (AvgIpc) is 2.09. The topological polar surface area (TPSA) is 58.2 Å². The fourth-order valence-electron chi connectivity index (χ4n) is 1.05. The van der Waals surface area contributed by atoms with E-state index in [-0.39, 0.29) is 17.4 Å². The molecule has 15 heavy (non-hydrogen) atoms. The lowest BCUT2D eigenvalue weighted by Gasteiger charge is -2.20. The molecule has 4 heteroatoms. The second-order valence-electron chi connectivity index (χ2n) is 4.63. The molecule has 2 N–H and O–H groups in total. The van der Waals surface area contributed by atoms with Crippen LogP contribution in [0.25, 0.3) is 0 Å². The maximum absolute atomic E-state index is 11.3. The third-order valence-electron chi connectivity index (χ3n) is 1.80. The van der Waals surface area contributed by atoms with Crippen LogP contribution in [0, 0.1) is 0 Å². The highest BCUT2D eigenvalue weighted by Gasteiger charge is 2.12. The summed E-state index contributed by atoms with van der Waals surface area (Å²) in [5.74, 6) is 0.244. The number of nitrogens with one attached hydrogen (secondary N) is 2. The van der Waals surface area contributed by atoms with Gasteiger partial charge in [0.25, 0.3) is 0 Å². The molecule has 0 bridgehead atoms. The van der Waals surface area contributed by atoms with Crippen LogP contribution in [0.15, 0.2) is 0 Å². The number of hydrogen-bond acceptors (Lipinski definition) is 2. The van der Waals surface area contributed by atoms with Crippen molar-refractivity contribution in [2.24, 2.45) is 0 Å². The van der Waals surface area contributed by atoms with Gasteiger partial charge >= 0.3 is 6.03 Å². The van der Waals surface area contributed by atoms with E-state index >= 15 is 0 Å². The van der Waals surface area contributed by atoms with E-state index in [0.717, 1.165) is 0 Å². The molecule has 0 atom stereocenters. The molecule has 0 saturated carbocycles. The fourth-order valence-corrected chi connectivity index (χ4v) is 1.05. The van der Waals surface area contributed by atoms with Crippen molar-refractivity contribution >= 4 is 11.8 Å². The number of hydrogen-bond donors (Lipinski definition) is 2. The van der Waals surface area contributed by atoms with Gasteiger partial charge in [-0.1, -0.05) is 6.92 Å². The Morgan fingerprint density at radius 1 is 1.20 bits per heavy atom. The van der Waals surface area contributed by atoms with E-state index in [0.29, 0.717) is 25.8 Å². The lowest BCUT2D eigenvalue weighted by atomic mass is 10.1. The van der Waals surface area contributed by atoms with Gasteiger partial charge in [0.1, 0.15) is 5.78 Å². The van der Waals surface area contributed by atoms with Gasteiger partial charge in [-0.05, 0) is 27.2 Å². The van der Waals surface area contributed by atoms with Crippen LogP contribution in [0.2, 0.25) is 0 Å². The van der Waals surface area contributed by atoms with E-state index in [4.69, 9.17) is 0 Å². The van der Waals surface area contributed by atoms with Crippen LogP contribution in [-0.4, -0.2) is 23.9 Å². The van der Waals surface area contributed by atoms with Gasteiger partial charge in [0, 0.05) is 24.9 Å².